The molecule has 6 nitrogen and oxygen atoms in total. The van der Waals surface area contributed by atoms with Crippen LogP contribution >= 0.6 is 15.9 Å². The maximum atomic E-state index is 11.8. The van der Waals surface area contributed by atoms with Crippen molar-refractivity contribution < 1.29 is 9.53 Å². The van der Waals surface area contributed by atoms with Crippen molar-refractivity contribution in [3.05, 3.63) is 16.7 Å². The third-order valence-corrected chi connectivity index (χ3v) is 4.19. The summed E-state index contributed by atoms with van der Waals surface area (Å²) < 4.78 is 6.03. The van der Waals surface area contributed by atoms with E-state index in [1.54, 1.807) is 0 Å². The number of ether oxygens (including phenoxy) is 1. The van der Waals surface area contributed by atoms with Gasteiger partial charge < -0.3 is 15.4 Å². The van der Waals surface area contributed by atoms with Gasteiger partial charge in [-0.15, -0.1) is 10.2 Å². The summed E-state index contributed by atoms with van der Waals surface area (Å²) in [7, 11) is 0. The smallest absolute Gasteiger partial charge is 0.407 e. The Morgan fingerprint density at radius 1 is 1.26 bits per heavy atom. The number of carbonyl (C=O) groups is 1. The molecule has 0 saturated heterocycles. The summed E-state index contributed by atoms with van der Waals surface area (Å²) in [6.07, 6.45) is 3.81. The molecule has 0 radical (unpaired) electrons. The van der Waals surface area contributed by atoms with Gasteiger partial charge in [-0.05, 0) is 80.4 Å². The van der Waals surface area contributed by atoms with Crippen LogP contribution in [0.25, 0.3) is 0 Å². The Kier molecular flexibility index (Phi) is 6.21. The second-order valence-electron chi connectivity index (χ2n) is 6.99. The number of carbonyl (C=O) groups excluding carboxylic acids is 1. The minimum absolute atomic E-state index is 0.216. The zero-order valence-electron chi connectivity index (χ0n) is 13.9. The summed E-state index contributed by atoms with van der Waals surface area (Å²) in [6, 6.07) is 4.00. The summed E-state index contributed by atoms with van der Waals surface area (Å²) in [6.45, 7) is 6.51. The first-order valence-corrected chi connectivity index (χ1v) is 8.84. The first-order valence-electron chi connectivity index (χ1n) is 8.04. The van der Waals surface area contributed by atoms with Crippen LogP contribution in [0.4, 0.5) is 10.6 Å². The van der Waals surface area contributed by atoms with Crippen LogP contribution in [0.3, 0.4) is 0 Å². The standard InChI is InChI=1S/C16H25BrN4O2/c1-16(2,3)23-15(22)19-12-6-4-11(5-7-12)10-18-14-9-8-13(17)20-21-14/h8-9,11-12H,4-7,10H2,1-3H3,(H,18,21)(H,19,22). The van der Waals surface area contributed by atoms with Gasteiger partial charge in [0.2, 0.25) is 0 Å². The summed E-state index contributed by atoms with van der Waals surface area (Å²) >= 11 is 3.27. The maximum absolute atomic E-state index is 11.8. The summed E-state index contributed by atoms with van der Waals surface area (Å²) in [5.41, 5.74) is -0.448. The van der Waals surface area contributed by atoms with Gasteiger partial charge in [-0.1, -0.05) is 0 Å². The van der Waals surface area contributed by atoms with Crippen molar-refractivity contribution in [2.24, 2.45) is 5.92 Å². The summed E-state index contributed by atoms with van der Waals surface area (Å²) in [5, 5.41) is 14.3. The predicted molar refractivity (Wildman–Crippen MR) is 93.3 cm³/mol. The van der Waals surface area contributed by atoms with E-state index in [0.29, 0.717) is 5.92 Å². The number of halogens is 1. The van der Waals surface area contributed by atoms with E-state index in [2.05, 4.69) is 36.8 Å². The van der Waals surface area contributed by atoms with Crippen LogP contribution in [0.5, 0.6) is 0 Å². The monoisotopic (exact) mass is 384 g/mol. The molecule has 1 aromatic rings. The lowest BCUT2D eigenvalue weighted by atomic mass is 9.86. The number of nitrogens with one attached hydrogen (secondary N) is 2. The zero-order valence-corrected chi connectivity index (χ0v) is 15.5. The van der Waals surface area contributed by atoms with E-state index >= 15 is 0 Å². The van der Waals surface area contributed by atoms with Gasteiger partial charge in [0.05, 0.1) is 0 Å². The van der Waals surface area contributed by atoms with Crippen molar-refractivity contribution in [3.8, 4) is 0 Å². The van der Waals surface area contributed by atoms with Crippen molar-refractivity contribution in [2.75, 3.05) is 11.9 Å². The number of anilines is 1. The number of hydrogen-bond donors (Lipinski definition) is 2. The van der Waals surface area contributed by atoms with Crippen molar-refractivity contribution in [2.45, 2.75) is 58.1 Å². The van der Waals surface area contributed by atoms with E-state index in [1.807, 2.05) is 32.9 Å². The fourth-order valence-corrected chi connectivity index (χ4v) is 2.86. The molecule has 0 unspecified atom stereocenters. The van der Waals surface area contributed by atoms with Crippen LogP contribution in [-0.4, -0.2) is 34.5 Å². The average Bonchev–Trinajstić information content (AvgIpc) is 2.46. The van der Waals surface area contributed by atoms with Gasteiger partial charge in [0.15, 0.2) is 0 Å². The van der Waals surface area contributed by atoms with E-state index in [4.69, 9.17) is 4.74 Å². The van der Waals surface area contributed by atoms with Gasteiger partial charge in [0.1, 0.15) is 16.0 Å². The molecule has 0 atom stereocenters. The Balaban J connectivity index is 1.67. The fraction of sp³-hybridized carbons (Fsp3) is 0.688. The third kappa shape index (κ3) is 6.72. The number of alkyl carbamates (subject to hydrolysis) is 1. The molecule has 1 saturated carbocycles. The highest BCUT2D eigenvalue weighted by atomic mass is 79.9. The Labute approximate surface area is 145 Å². The van der Waals surface area contributed by atoms with Gasteiger partial charge in [0.25, 0.3) is 0 Å². The van der Waals surface area contributed by atoms with Gasteiger partial charge in [-0.2, -0.15) is 0 Å². The van der Waals surface area contributed by atoms with Crippen molar-refractivity contribution in [1.82, 2.24) is 15.5 Å². The highest BCUT2D eigenvalue weighted by Crippen LogP contribution is 2.25. The lowest BCUT2D eigenvalue weighted by Gasteiger charge is -2.30. The van der Waals surface area contributed by atoms with Crippen molar-refractivity contribution in [3.63, 3.8) is 0 Å². The molecule has 2 N–H and O–H groups in total. The van der Waals surface area contributed by atoms with E-state index in [9.17, 15) is 4.79 Å². The molecule has 0 spiro atoms. The van der Waals surface area contributed by atoms with Gasteiger partial charge in [-0.25, -0.2) is 4.79 Å². The highest BCUT2D eigenvalue weighted by molar-refractivity contribution is 9.10. The third-order valence-electron chi connectivity index (χ3n) is 3.77. The number of aromatic nitrogens is 2. The van der Waals surface area contributed by atoms with E-state index in [-0.39, 0.29) is 12.1 Å². The topological polar surface area (TPSA) is 76.1 Å². The Bertz CT molecular complexity index is 508. The molecule has 23 heavy (non-hydrogen) atoms. The molecular weight excluding hydrogens is 360 g/mol. The predicted octanol–water partition coefficient (Wildman–Crippen LogP) is 3.73. The fourth-order valence-electron chi connectivity index (χ4n) is 2.64. The quantitative estimate of drug-likeness (QED) is 0.826. The highest BCUT2D eigenvalue weighted by Gasteiger charge is 2.24. The summed E-state index contributed by atoms with van der Waals surface area (Å²) in [5.74, 6) is 1.39. The normalized spacial score (nSPS) is 21.6. The van der Waals surface area contributed by atoms with Crippen molar-refractivity contribution in [1.29, 1.82) is 0 Å². The molecule has 2 rings (SSSR count). The lowest BCUT2D eigenvalue weighted by molar-refractivity contribution is 0.0488. The molecule has 1 heterocycles. The van der Waals surface area contributed by atoms with E-state index in [1.165, 1.54) is 0 Å². The molecule has 1 aliphatic carbocycles. The molecule has 1 fully saturated rings. The molecule has 1 aromatic heterocycles. The minimum atomic E-state index is -0.448. The molecule has 1 aliphatic rings. The molecule has 128 valence electrons. The van der Waals surface area contributed by atoms with Crippen LogP contribution < -0.4 is 10.6 Å². The molecule has 0 aromatic carbocycles. The molecule has 1 amide bonds. The lowest BCUT2D eigenvalue weighted by Crippen LogP contribution is -2.41. The molecular formula is C16H25BrN4O2. The molecule has 0 aliphatic heterocycles. The first kappa shape index (κ1) is 18.0. The van der Waals surface area contributed by atoms with Gasteiger partial charge in [0, 0.05) is 12.6 Å². The average molecular weight is 385 g/mol. The van der Waals surface area contributed by atoms with E-state index in [0.717, 1.165) is 42.6 Å². The second kappa shape index (κ2) is 7.95. The van der Waals surface area contributed by atoms with Crippen LogP contribution in [0.1, 0.15) is 46.5 Å². The van der Waals surface area contributed by atoms with Crippen LogP contribution in [0.2, 0.25) is 0 Å². The Hall–Kier alpha value is -1.37. The number of amides is 1. The van der Waals surface area contributed by atoms with Crippen LogP contribution in [-0.2, 0) is 4.74 Å². The zero-order chi connectivity index (χ0) is 16.9. The van der Waals surface area contributed by atoms with Crippen LogP contribution in [0.15, 0.2) is 16.7 Å². The summed E-state index contributed by atoms with van der Waals surface area (Å²) in [4.78, 5) is 11.8. The van der Waals surface area contributed by atoms with Crippen LogP contribution in [0, 0.1) is 5.92 Å². The molecule has 0 bridgehead atoms. The molecule has 7 heteroatoms. The van der Waals surface area contributed by atoms with Crippen molar-refractivity contribution >= 4 is 27.8 Å². The Morgan fingerprint density at radius 3 is 2.52 bits per heavy atom. The maximum Gasteiger partial charge on any atom is 0.407 e. The van der Waals surface area contributed by atoms with Gasteiger partial charge >= 0.3 is 6.09 Å². The minimum Gasteiger partial charge on any atom is -0.444 e. The largest absolute Gasteiger partial charge is 0.444 e. The SMILES string of the molecule is CC(C)(C)OC(=O)NC1CCC(CNc2ccc(Br)nn2)CC1. The first-order chi connectivity index (χ1) is 10.8. The van der Waals surface area contributed by atoms with E-state index < -0.39 is 5.60 Å². The Morgan fingerprint density at radius 2 is 1.96 bits per heavy atom. The van der Waals surface area contributed by atoms with Gasteiger partial charge in [-0.3, -0.25) is 0 Å². The number of nitrogens with zero attached hydrogens (tertiary/aromatic N) is 2. The number of rotatable bonds is 4. The second-order valence-corrected chi connectivity index (χ2v) is 7.80. The number of hydrogen-bond acceptors (Lipinski definition) is 5.